The van der Waals surface area contributed by atoms with E-state index in [-0.39, 0.29) is 51.0 Å². The van der Waals surface area contributed by atoms with Crippen molar-refractivity contribution in [2.24, 2.45) is 0 Å². The Morgan fingerprint density at radius 2 is 0.608 bits per heavy atom. The Kier molecular flexibility index (Phi) is 12.0. The van der Waals surface area contributed by atoms with Crippen molar-refractivity contribution in [3.63, 3.8) is 0 Å². The Morgan fingerprint density at radius 3 is 0.804 bits per heavy atom. The van der Waals surface area contributed by atoms with Crippen LogP contribution in [-0.2, 0) is 0 Å². The zero-order valence-electron chi connectivity index (χ0n) is 26.9. The van der Waals surface area contributed by atoms with Gasteiger partial charge in [0.05, 0.1) is 36.1 Å². The third kappa shape index (κ3) is 9.23. The fraction of sp³-hybridized carbons (Fsp3) is 0.0769. The van der Waals surface area contributed by atoms with Gasteiger partial charge < -0.3 is 14.2 Å². The smallest absolute Gasteiger partial charge is 0.269 e. The minimum absolute atomic E-state index is 0.0727. The fourth-order valence-electron chi connectivity index (χ4n) is 4.23. The van der Waals surface area contributed by atoms with E-state index in [0.717, 1.165) is 0 Å². The van der Waals surface area contributed by atoms with Crippen LogP contribution in [0.3, 0.4) is 0 Å². The van der Waals surface area contributed by atoms with Crippen LogP contribution in [0.1, 0.15) is 33.4 Å². The molecule has 0 aliphatic rings. The Morgan fingerprint density at radius 1 is 0.392 bits per heavy atom. The van der Waals surface area contributed by atoms with E-state index in [0.29, 0.717) is 16.7 Å². The van der Waals surface area contributed by atoms with Gasteiger partial charge in [0.25, 0.3) is 17.1 Å². The summed E-state index contributed by atoms with van der Waals surface area (Å²) in [5.74, 6) is 34.1. The molecule has 0 saturated heterocycles. The highest BCUT2D eigenvalue weighted by Crippen LogP contribution is 2.42. The molecule has 0 aliphatic heterocycles. The molecule has 0 spiro atoms. The van der Waals surface area contributed by atoms with E-state index in [9.17, 15) is 30.3 Å². The topological polar surface area (TPSA) is 157 Å². The lowest BCUT2D eigenvalue weighted by Gasteiger charge is -2.17. The molecule has 246 valence electrons. The van der Waals surface area contributed by atoms with Crippen LogP contribution in [0.5, 0.6) is 17.2 Å². The molecule has 4 aromatic carbocycles. The number of rotatable bonds is 6. The number of hydrogen-bond donors (Lipinski definition) is 0. The van der Waals surface area contributed by atoms with E-state index in [1.807, 2.05) is 0 Å². The Hall–Kier alpha value is -8.16. The van der Waals surface area contributed by atoms with Crippen LogP contribution < -0.4 is 14.2 Å². The van der Waals surface area contributed by atoms with Crippen molar-refractivity contribution in [3.05, 3.63) is 137 Å². The van der Waals surface area contributed by atoms with Crippen LogP contribution in [0, 0.1) is 101 Å². The maximum atomic E-state index is 10.9. The van der Waals surface area contributed by atoms with Crippen molar-refractivity contribution in [1.82, 2.24) is 0 Å². The molecule has 0 amide bonds. The summed E-state index contributed by atoms with van der Waals surface area (Å²) in [6, 6.07) is 17.0. The Labute approximate surface area is 291 Å². The predicted molar refractivity (Wildman–Crippen MR) is 187 cm³/mol. The number of ether oxygens (including phenoxy) is 3. The summed E-state index contributed by atoms with van der Waals surface area (Å²) >= 11 is 0. The van der Waals surface area contributed by atoms with Gasteiger partial charge >= 0.3 is 0 Å². The molecule has 0 radical (unpaired) electrons. The van der Waals surface area contributed by atoms with E-state index in [4.69, 9.17) is 14.2 Å². The van der Waals surface area contributed by atoms with Gasteiger partial charge in [0, 0.05) is 53.1 Å². The molecule has 0 atom stereocenters. The molecule has 0 aliphatic carbocycles. The van der Waals surface area contributed by atoms with Gasteiger partial charge in [0.15, 0.2) is 17.2 Å². The quantitative estimate of drug-likeness (QED) is 0.143. The van der Waals surface area contributed by atoms with E-state index in [1.54, 1.807) is 0 Å². The van der Waals surface area contributed by atoms with Crippen molar-refractivity contribution in [2.45, 2.75) is 0 Å². The number of non-ortho nitro benzene ring substituents is 3. The molecule has 51 heavy (non-hydrogen) atoms. The standard InChI is InChI=1S/C39H21N3O9/c1-49-37-34(13-7-4-10-28-16-22-31(23-17-28)40(43)44)38(50-2)36(15-9-6-12-30-20-26-33(27-21-30)42(47)48)39(51-3)35(37)14-8-5-11-29-18-24-32(25-19-29)41(45)46/h16-27H,1-3H3. The largest absolute Gasteiger partial charge is 0.494 e. The molecule has 12 heteroatoms. The van der Waals surface area contributed by atoms with Gasteiger partial charge in [0.1, 0.15) is 16.7 Å². The molecular weight excluding hydrogens is 654 g/mol. The van der Waals surface area contributed by atoms with Crippen LogP contribution in [-0.4, -0.2) is 36.1 Å². The summed E-state index contributed by atoms with van der Waals surface area (Å²) in [6.45, 7) is 0. The molecule has 0 heterocycles. The van der Waals surface area contributed by atoms with Crippen LogP contribution in [0.25, 0.3) is 0 Å². The Balaban J connectivity index is 1.84. The molecule has 4 rings (SSSR count). The molecule has 4 aromatic rings. The lowest BCUT2D eigenvalue weighted by molar-refractivity contribution is -0.385. The van der Waals surface area contributed by atoms with Crippen molar-refractivity contribution >= 4 is 17.1 Å². The molecule has 0 aromatic heterocycles. The van der Waals surface area contributed by atoms with E-state index in [2.05, 4.69) is 71.0 Å². The van der Waals surface area contributed by atoms with Gasteiger partial charge in [-0.25, -0.2) is 0 Å². The van der Waals surface area contributed by atoms with Gasteiger partial charge in [-0.3, -0.25) is 30.3 Å². The normalized spacial score (nSPS) is 9.00. The number of hydrogen-bond acceptors (Lipinski definition) is 9. The highest BCUT2D eigenvalue weighted by Gasteiger charge is 2.24. The average molecular weight is 676 g/mol. The van der Waals surface area contributed by atoms with Crippen LogP contribution in [0.15, 0.2) is 72.8 Å². The summed E-state index contributed by atoms with van der Waals surface area (Å²) < 4.78 is 17.1. The van der Waals surface area contributed by atoms with Crippen molar-refractivity contribution < 1.29 is 29.0 Å². The first-order valence-corrected chi connectivity index (χ1v) is 14.3. The molecule has 12 nitrogen and oxygen atoms in total. The molecule has 0 bridgehead atoms. The summed E-state index contributed by atoms with van der Waals surface area (Å²) in [5, 5.41) is 32.8. The average Bonchev–Trinajstić information content (AvgIpc) is 3.13. The molecule has 0 fully saturated rings. The molecule has 0 N–H and O–H groups in total. The van der Waals surface area contributed by atoms with Crippen LogP contribution >= 0.6 is 0 Å². The first-order valence-electron chi connectivity index (χ1n) is 14.3. The first kappa shape index (κ1) is 35.7. The number of nitrogens with zero attached hydrogens (tertiary/aromatic N) is 3. The van der Waals surface area contributed by atoms with Gasteiger partial charge in [0.2, 0.25) is 0 Å². The van der Waals surface area contributed by atoms with Crippen molar-refractivity contribution in [1.29, 1.82) is 0 Å². The lowest BCUT2D eigenvalue weighted by atomic mass is 10.00. The van der Waals surface area contributed by atoms with Gasteiger partial charge in [-0.2, -0.15) is 0 Å². The highest BCUT2D eigenvalue weighted by molar-refractivity contribution is 5.76. The zero-order chi connectivity index (χ0) is 36.8. The van der Waals surface area contributed by atoms with Crippen molar-refractivity contribution in [2.75, 3.05) is 21.3 Å². The van der Waals surface area contributed by atoms with Gasteiger partial charge in [-0.1, -0.05) is 17.8 Å². The maximum absolute atomic E-state index is 10.9. The van der Waals surface area contributed by atoms with Crippen molar-refractivity contribution in [3.8, 4) is 88.3 Å². The second kappa shape index (κ2) is 17.1. The predicted octanol–water partition coefficient (Wildman–Crippen LogP) is 5.65. The number of nitro benzene ring substituents is 3. The SMILES string of the molecule is COc1c(C#CC#Cc2ccc([N+](=O)[O-])cc2)c(OC)c(C#CC#Cc2ccc([N+](=O)[O-])cc2)c(OC)c1C#CC#Cc1ccc([N+](=O)[O-])cc1. The van der Waals surface area contributed by atoms with Crippen LogP contribution in [0.2, 0.25) is 0 Å². The highest BCUT2D eigenvalue weighted by atomic mass is 16.6. The minimum Gasteiger partial charge on any atom is -0.494 e. The minimum atomic E-state index is -0.511. The second-order valence-electron chi connectivity index (χ2n) is 9.64. The lowest BCUT2D eigenvalue weighted by Crippen LogP contribution is -2.03. The Bertz CT molecular complexity index is 2120. The summed E-state index contributed by atoms with van der Waals surface area (Å²) in [6.07, 6.45) is 0. The zero-order valence-corrected chi connectivity index (χ0v) is 26.9. The molecule has 0 saturated carbocycles. The molecular formula is C39H21N3O9. The van der Waals surface area contributed by atoms with E-state index < -0.39 is 14.8 Å². The van der Waals surface area contributed by atoms with Gasteiger partial charge in [-0.05, 0) is 89.7 Å². The summed E-state index contributed by atoms with van der Waals surface area (Å²) in [5.41, 5.74) is 1.95. The number of nitro groups is 3. The second-order valence-corrected chi connectivity index (χ2v) is 9.64. The maximum Gasteiger partial charge on any atom is 0.269 e. The van der Waals surface area contributed by atoms with Gasteiger partial charge in [-0.15, -0.1) is 0 Å². The first-order chi connectivity index (χ1) is 24.7. The third-order valence-corrected chi connectivity index (χ3v) is 6.58. The van der Waals surface area contributed by atoms with E-state index >= 15 is 0 Å². The van der Waals surface area contributed by atoms with Crippen LogP contribution in [0.4, 0.5) is 17.1 Å². The summed E-state index contributed by atoms with van der Waals surface area (Å²) in [4.78, 5) is 31.3. The fourth-order valence-corrected chi connectivity index (χ4v) is 4.23. The third-order valence-electron chi connectivity index (χ3n) is 6.58. The molecule has 0 unspecified atom stereocenters. The van der Waals surface area contributed by atoms with E-state index in [1.165, 1.54) is 94.1 Å². The monoisotopic (exact) mass is 675 g/mol. The summed E-state index contributed by atoms with van der Waals surface area (Å²) in [7, 11) is 4.20. The number of benzene rings is 4. The number of methoxy groups -OCH3 is 3.